The maximum atomic E-state index is 4.88. The first-order valence-electron chi connectivity index (χ1n) is 7.62. The van der Waals surface area contributed by atoms with E-state index in [2.05, 4.69) is 64.9 Å². The van der Waals surface area contributed by atoms with Gasteiger partial charge < -0.3 is 4.90 Å². The molecule has 106 valence electrons. The Morgan fingerprint density at radius 2 is 1.62 bits per heavy atom. The third-order valence-corrected chi connectivity index (χ3v) is 4.22. The highest BCUT2D eigenvalue weighted by Gasteiger charge is 2.20. The van der Waals surface area contributed by atoms with Crippen molar-refractivity contribution in [2.75, 3.05) is 18.0 Å². The van der Waals surface area contributed by atoms with Gasteiger partial charge in [0.15, 0.2) is 0 Å². The number of para-hydroxylation sites is 2. The molecular formula is C18H19N3. The average molecular weight is 277 g/mol. The van der Waals surface area contributed by atoms with Crippen LogP contribution in [0.3, 0.4) is 0 Å². The minimum Gasteiger partial charge on any atom is -0.342 e. The molecule has 1 fully saturated rings. The van der Waals surface area contributed by atoms with Crippen molar-refractivity contribution in [1.82, 2.24) is 9.55 Å². The number of anilines is 1. The van der Waals surface area contributed by atoms with Gasteiger partial charge in [0.25, 0.3) is 0 Å². The Bertz CT molecular complexity index is 765. The van der Waals surface area contributed by atoms with Crippen LogP contribution in [0.1, 0.15) is 18.4 Å². The molecule has 1 aliphatic rings. The quantitative estimate of drug-likeness (QED) is 0.707. The van der Waals surface area contributed by atoms with Gasteiger partial charge in [-0.3, -0.25) is 4.57 Å². The summed E-state index contributed by atoms with van der Waals surface area (Å²) < 4.78 is 2.29. The van der Waals surface area contributed by atoms with E-state index in [-0.39, 0.29) is 0 Å². The van der Waals surface area contributed by atoms with Gasteiger partial charge in [-0.2, -0.15) is 0 Å². The molecule has 2 aromatic carbocycles. The predicted octanol–water partition coefficient (Wildman–Crippen LogP) is 3.93. The van der Waals surface area contributed by atoms with E-state index in [4.69, 9.17) is 4.98 Å². The first-order valence-corrected chi connectivity index (χ1v) is 7.62. The third-order valence-electron chi connectivity index (χ3n) is 4.22. The fraction of sp³-hybridized carbons (Fsp3) is 0.278. The average Bonchev–Trinajstić information content (AvgIpc) is 3.15. The second-order valence-corrected chi connectivity index (χ2v) is 5.77. The van der Waals surface area contributed by atoms with E-state index in [0.29, 0.717) is 0 Å². The van der Waals surface area contributed by atoms with E-state index in [1.807, 2.05) is 0 Å². The Kier molecular flexibility index (Phi) is 2.92. The molecule has 1 aliphatic heterocycles. The van der Waals surface area contributed by atoms with Crippen LogP contribution >= 0.6 is 0 Å². The Morgan fingerprint density at radius 3 is 2.38 bits per heavy atom. The fourth-order valence-electron chi connectivity index (χ4n) is 3.09. The molecule has 2 heterocycles. The van der Waals surface area contributed by atoms with Crippen LogP contribution in [0.4, 0.5) is 5.95 Å². The largest absolute Gasteiger partial charge is 0.342 e. The van der Waals surface area contributed by atoms with Crippen LogP contribution in [0, 0.1) is 6.92 Å². The topological polar surface area (TPSA) is 21.1 Å². The van der Waals surface area contributed by atoms with Crippen molar-refractivity contribution in [3.05, 3.63) is 54.1 Å². The highest BCUT2D eigenvalue weighted by Crippen LogP contribution is 2.29. The minimum atomic E-state index is 1.07. The number of benzene rings is 2. The first kappa shape index (κ1) is 12.5. The van der Waals surface area contributed by atoms with Gasteiger partial charge >= 0.3 is 0 Å². The van der Waals surface area contributed by atoms with E-state index >= 15 is 0 Å². The van der Waals surface area contributed by atoms with Gasteiger partial charge in [-0.05, 0) is 44.0 Å². The number of hydrogen-bond donors (Lipinski definition) is 0. The van der Waals surface area contributed by atoms with Crippen LogP contribution in [-0.2, 0) is 0 Å². The van der Waals surface area contributed by atoms with Gasteiger partial charge in [0.05, 0.1) is 11.0 Å². The molecule has 0 spiro atoms. The summed E-state index contributed by atoms with van der Waals surface area (Å²) >= 11 is 0. The number of aromatic nitrogens is 2. The number of imidazole rings is 1. The summed E-state index contributed by atoms with van der Waals surface area (Å²) in [4.78, 5) is 7.29. The lowest BCUT2D eigenvalue weighted by Crippen LogP contribution is -2.21. The molecule has 0 aliphatic carbocycles. The monoisotopic (exact) mass is 277 g/mol. The molecule has 21 heavy (non-hydrogen) atoms. The number of nitrogens with zero attached hydrogens (tertiary/aromatic N) is 3. The van der Waals surface area contributed by atoms with Gasteiger partial charge in [-0.25, -0.2) is 4.98 Å². The standard InChI is InChI=1S/C18H19N3/c1-14-8-10-15(11-9-14)21-17-7-3-2-6-16(17)19-18(21)20-12-4-5-13-20/h2-3,6-11H,4-5,12-13H2,1H3. The summed E-state index contributed by atoms with van der Waals surface area (Å²) in [6.45, 7) is 4.33. The van der Waals surface area contributed by atoms with Crippen molar-refractivity contribution in [1.29, 1.82) is 0 Å². The smallest absolute Gasteiger partial charge is 0.211 e. The lowest BCUT2D eigenvalue weighted by molar-refractivity contribution is 0.884. The second kappa shape index (κ2) is 4.92. The van der Waals surface area contributed by atoms with E-state index < -0.39 is 0 Å². The van der Waals surface area contributed by atoms with Crippen LogP contribution in [0.25, 0.3) is 16.7 Å². The van der Waals surface area contributed by atoms with Crippen LogP contribution < -0.4 is 4.90 Å². The van der Waals surface area contributed by atoms with Crippen LogP contribution in [0.5, 0.6) is 0 Å². The number of aryl methyl sites for hydroxylation is 1. The molecular weight excluding hydrogens is 258 g/mol. The van der Waals surface area contributed by atoms with Gasteiger partial charge in [0, 0.05) is 18.8 Å². The number of fused-ring (bicyclic) bond motifs is 1. The molecule has 0 saturated carbocycles. The predicted molar refractivity (Wildman–Crippen MR) is 87.3 cm³/mol. The molecule has 3 nitrogen and oxygen atoms in total. The van der Waals surface area contributed by atoms with E-state index in [1.165, 1.54) is 29.6 Å². The molecule has 3 heteroatoms. The van der Waals surface area contributed by atoms with Gasteiger partial charge in [0.1, 0.15) is 0 Å². The molecule has 1 saturated heterocycles. The second-order valence-electron chi connectivity index (χ2n) is 5.77. The summed E-state index contributed by atoms with van der Waals surface area (Å²) in [5.41, 5.74) is 4.73. The van der Waals surface area contributed by atoms with Gasteiger partial charge in [0.2, 0.25) is 5.95 Å². The highest BCUT2D eigenvalue weighted by atomic mass is 15.3. The summed E-state index contributed by atoms with van der Waals surface area (Å²) in [5, 5.41) is 0. The molecule has 0 N–H and O–H groups in total. The first-order chi connectivity index (χ1) is 10.3. The molecule has 0 bridgehead atoms. The molecule has 1 aromatic heterocycles. The molecule has 0 unspecified atom stereocenters. The summed E-state index contributed by atoms with van der Waals surface area (Å²) in [7, 11) is 0. The van der Waals surface area contributed by atoms with Crippen LogP contribution in [-0.4, -0.2) is 22.6 Å². The van der Waals surface area contributed by atoms with E-state index in [0.717, 1.165) is 24.6 Å². The van der Waals surface area contributed by atoms with Crippen molar-refractivity contribution in [2.45, 2.75) is 19.8 Å². The summed E-state index contributed by atoms with van der Waals surface area (Å²) in [6.07, 6.45) is 2.52. The van der Waals surface area contributed by atoms with Crippen molar-refractivity contribution in [2.24, 2.45) is 0 Å². The van der Waals surface area contributed by atoms with Crippen molar-refractivity contribution in [3.8, 4) is 5.69 Å². The molecule has 3 aromatic rings. The summed E-state index contributed by atoms with van der Waals surface area (Å²) in [6, 6.07) is 17.1. The highest BCUT2D eigenvalue weighted by molar-refractivity contribution is 5.81. The van der Waals surface area contributed by atoms with Gasteiger partial charge in [-0.15, -0.1) is 0 Å². The Hall–Kier alpha value is -2.29. The summed E-state index contributed by atoms with van der Waals surface area (Å²) in [5.74, 6) is 1.08. The van der Waals surface area contributed by atoms with E-state index in [1.54, 1.807) is 0 Å². The maximum absolute atomic E-state index is 4.88. The lowest BCUT2D eigenvalue weighted by atomic mass is 10.2. The van der Waals surface area contributed by atoms with Crippen molar-refractivity contribution >= 4 is 17.0 Å². The zero-order valence-electron chi connectivity index (χ0n) is 12.3. The Balaban J connectivity index is 1.95. The molecule has 0 radical (unpaired) electrons. The molecule has 0 atom stereocenters. The molecule has 0 amide bonds. The molecule has 4 rings (SSSR count). The van der Waals surface area contributed by atoms with Crippen molar-refractivity contribution in [3.63, 3.8) is 0 Å². The fourth-order valence-corrected chi connectivity index (χ4v) is 3.09. The Labute approximate surface area is 124 Å². The van der Waals surface area contributed by atoms with E-state index in [9.17, 15) is 0 Å². The Morgan fingerprint density at radius 1 is 0.905 bits per heavy atom. The van der Waals surface area contributed by atoms with Crippen molar-refractivity contribution < 1.29 is 0 Å². The van der Waals surface area contributed by atoms with Crippen LogP contribution in [0.15, 0.2) is 48.5 Å². The normalized spacial score (nSPS) is 15.0. The lowest BCUT2D eigenvalue weighted by Gasteiger charge is -2.18. The minimum absolute atomic E-state index is 1.07. The zero-order chi connectivity index (χ0) is 14.2. The third kappa shape index (κ3) is 2.09. The number of rotatable bonds is 2. The number of hydrogen-bond acceptors (Lipinski definition) is 2. The SMILES string of the molecule is Cc1ccc(-n2c(N3CCCC3)nc3ccccc32)cc1. The van der Waals surface area contributed by atoms with Gasteiger partial charge in [-0.1, -0.05) is 29.8 Å². The van der Waals surface area contributed by atoms with Crippen LogP contribution in [0.2, 0.25) is 0 Å². The maximum Gasteiger partial charge on any atom is 0.211 e. The zero-order valence-corrected chi connectivity index (χ0v) is 12.3.